The van der Waals surface area contributed by atoms with Gasteiger partial charge in [-0.2, -0.15) is 0 Å². The SMILES string of the molecule is Cc1cc(C(=O)N2CCC(C)CC2)c(Br)cc1F. The van der Waals surface area contributed by atoms with Gasteiger partial charge in [0.05, 0.1) is 5.56 Å². The van der Waals surface area contributed by atoms with Gasteiger partial charge in [-0.15, -0.1) is 0 Å². The molecule has 0 unspecified atom stereocenters. The fourth-order valence-electron chi connectivity index (χ4n) is 2.20. The Hall–Kier alpha value is -0.900. The second-order valence-electron chi connectivity index (χ2n) is 5.06. The first kappa shape index (κ1) is 13.5. The number of hydrogen-bond acceptors (Lipinski definition) is 1. The minimum Gasteiger partial charge on any atom is -0.339 e. The van der Waals surface area contributed by atoms with Crippen molar-refractivity contribution in [3.63, 3.8) is 0 Å². The second-order valence-corrected chi connectivity index (χ2v) is 5.91. The molecule has 0 radical (unpaired) electrons. The largest absolute Gasteiger partial charge is 0.339 e. The highest BCUT2D eigenvalue weighted by Gasteiger charge is 2.23. The van der Waals surface area contributed by atoms with E-state index in [4.69, 9.17) is 0 Å². The first-order valence-electron chi connectivity index (χ1n) is 6.24. The van der Waals surface area contributed by atoms with E-state index in [1.807, 2.05) is 4.90 Å². The highest BCUT2D eigenvalue weighted by atomic mass is 79.9. The van der Waals surface area contributed by atoms with Gasteiger partial charge in [-0.1, -0.05) is 6.92 Å². The van der Waals surface area contributed by atoms with Crippen molar-refractivity contribution in [2.75, 3.05) is 13.1 Å². The minimum atomic E-state index is -0.286. The number of rotatable bonds is 1. The van der Waals surface area contributed by atoms with Gasteiger partial charge < -0.3 is 4.90 Å². The van der Waals surface area contributed by atoms with Gasteiger partial charge in [0.15, 0.2) is 0 Å². The molecule has 1 aromatic rings. The Kier molecular flexibility index (Phi) is 4.05. The summed E-state index contributed by atoms with van der Waals surface area (Å²) in [5, 5.41) is 0. The molecular weight excluding hydrogens is 297 g/mol. The fraction of sp³-hybridized carbons (Fsp3) is 0.500. The van der Waals surface area contributed by atoms with Crippen LogP contribution in [-0.4, -0.2) is 23.9 Å². The molecule has 0 aliphatic carbocycles. The summed E-state index contributed by atoms with van der Waals surface area (Å²) in [6.45, 7) is 5.47. The molecule has 1 aromatic carbocycles. The van der Waals surface area contributed by atoms with Crippen molar-refractivity contribution in [3.8, 4) is 0 Å². The van der Waals surface area contributed by atoms with Crippen molar-refractivity contribution in [2.45, 2.75) is 26.7 Å². The van der Waals surface area contributed by atoms with Crippen molar-refractivity contribution >= 4 is 21.8 Å². The predicted molar refractivity (Wildman–Crippen MR) is 73.1 cm³/mol. The van der Waals surface area contributed by atoms with Gasteiger partial charge in [0.25, 0.3) is 5.91 Å². The Bertz CT molecular complexity index is 467. The highest BCUT2D eigenvalue weighted by Crippen LogP contribution is 2.24. The molecular formula is C14H17BrFNO. The summed E-state index contributed by atoms with van der Waals surface area (Å²) in [6.07, 6.45) is 2.09. The van der Waals surface area contributed by atoms with Gasteiger partial charge in [-0.3, -0.25) is 4.79 Å². The lowest BCUT2D eigenvalue weighted by atomic mass is 9.98. The van der Waals surface area contributed by atoms with Crippen molar-refractivity contribution in [2.24, 2.45) is 5.92 Å². The van der Waals surface area contributed by atoms with Crippen molar-refractivity contribution in [1.82, 2.24) is 4.90 Å². The van der Waals surface area contributed by atoms with Crippen LogP contribution in [0, 0.1) is 18.7 Å². The number of hydrogen-bond donors (Lipinski definition) is 0. The normalized spacial score (nSPS) is 17.0. The number of amides is 1. The van der Waals surface area contributed by atoms with Gasteiger partial charge in [0.1, 0.15) is 5.82 Å². The molecule has 2 rings (SSSR count). The highest BCUT2D eigenvalue weighted by molar-refractivity contribution is 9.10. The number of carbonyl (C=O) groups excluding carboxylic acids is 1. The molecule has 98 valence electrons. The van der Waals surface area contributed by atoms with Crippen LogP contribution in [0.5, 0.6) is 0 Å². The van der Waals surface area contributed by atoms with E-state index in [2.05, 4.69) is 22.9 Å². The van der Waals surface area contributed by atoms with E-state index < -0.39 is 0 Å². The Morgan fingerprint density at radius 1 is 1.39 bits per heavy atom. The Labute approximate surface area is 115 Å². The van der Waals surface area contributed by atoms with Crippen LogP contribution in [0.1, 0.15) is 35.7 Å². The molecule has 1 aliphatic rings. The van der Waals surface area contributed by atoms with Gasteiger partial charge in [0.2, 0.25) is 0 Å². The average molecular weight is 314 g/mol. The van der Waals surface area contributed by atoms with Crippen LogP contribution in [0.25, 0.3) is 0 Å². The number of piperidine rings is 1. The lowest BCUT2D eigenvalue weighted by molar-refractivity contribution is 0.0696. The summed E-state index contributed by atoms with van der Waals surface area (Å²) in [5.41, 5.74) is 1.07. The van der Waals surface area contributed by atoms with Crippen LogP contribution in [0.15, 0.2) is 16.6 Å². The van der Waals surface area contributed by atoms with E-state index in [0.29, 0.717) is 21.5 Å². The van der Waals surface area contributed by atoms with E-state index in [1.165, 1.54) is 6.07 Å². The molecule has 1 heterocycles. The third-order valence-corrected chi connectivity index (χ3v) is 4.21. The van der Waals surface area contributed by atoms with E-state index in [1.54, 1.807) is 13.0 Å². The monoisotopic (exact) mass is 313 g/mol. The zero-order valence-electron chi connectivity index (χ0n) is 10.7. The predicted octanol–water partition coefficient (Wildman–Crippen LogP) is 3.77. The standard InChI is InChI=1S/C14H17BrFNO/c1-9-3-5-17(6-4-9)14(18)11-7-10(2)13(16)8-12(11)15/h7-9H,3-6H2,1-2H3. The first-order valence-corrected chi connectivity index (χ1v) is 7.03. The van der Waals surface area contributed by atoms with Crippen LogP contribution >= 0.6 is 15.9 Å². The molecule has 1 fully saturated rings. The summed E-state index contributed by atoms with van der Waals surface area (Å²) in [5.74, 6) is 0.398. The maximum atomic E-state index is 13.4. The summed E-state index contributed by atoms with van der Waals surface area (Å²) < 4.78 is 13.9. The molecule has 0 N–H and O–H groups in total. The van der Waals surface area contributed by atoms with Crippen LogP contribution in [0.3, 0.4) is 0 Å². The van der Waals surface area contributed by atoms with Crippen LogP contribution in [-0.2, 0) is 0 Å². The lowest BCUT2D eigenvalue weighted by Crippen LogP contribution is -2.38. The summed E-state index contributed by atoms with van der Waals surface area (Å²) in [7, 11) is 0. The quantitative estimate of drug-likeness (QED) is 0.773. The molecule has 0 bridgehead atoms. The summed E-state index contributed by atoms with van der Waals surface area (Å²) >= 11 is 3.27. The van der Waals surface area contributed by atoms with Crippen molar-refractivity contribution in [3.05, 3.63) is 33.5 Å². The lowest BCUT2D eigenvalue weighted by Gasteiger charge is -2.30. The average Bonchev–Trinajstić information content (AvgIpc) is 2.34. The van der Waals surface area contributed by atoms with Gasteiger partial charge >= 0.3 is 0 Å². The second kappa shape index (κ2) is 5.39. The Morgan fingerprint density at radius 2 is 2.00 bits per heavy atom. The number of nitrogens with zero attached hydrogens (tertiary/aromatic N) is 1. The van der Waals surface area contributed by atoms with Gasteiger partial charge in [0, 0.05) is 17.6 Å². The number of aryl methyl sites for hydroxylation is 1. The number of halogens is 2. The van der Waals surface area contributed by atoms with Crippen LogP contribution < -0.4 is 0 Å². The topological polar surface area (TPSA) is 20.3 Å². The van der Waals surface area contributed by atoms with Crippen LogP contribution in [0.2, 0.25) is 0 Å². The smallest absolute Gasteiger partial charge is 0.255 e. The Balaban J connectivity index is 2.21. The summed E-state index contributed by atoms with van der Waals surface area (Å²) in [4.78, 5) is 14.2. The molecule has 0 saturated carbocycles. The van der Waals surface area contributed by atoms with E-state index >= 15 is 0 Å². The van der Waals surface area contributed by atoms with Gasteiger partial charge in [-0.25, -0.2) is 4.39 Å². The summed E-state index contributed by atoms with van der Waals surface area (Å²) in [6, 6.07) is 2.99. The van der Waals surface area contributed by atoms with Crippen LogP contribution in [0.4, 0.5) is 4.39 Å². The maximum Gasteiger partial charge on any atom is 0.255 e. The molecule has 2 nitrogen and oxygen atoms in total. The zero-order valence-corrected chi connectivity index (χ0v) is 12.3. The molecule has 1 amide bonds. The Morgan fingerprint density at radius 3 is 2.61 bits per heavy atom. The van der Waals surface area contributed by atoms with Crippen molar-refractivity contribution < 1.29 is 9.18 Å². The number of benzene rings is 1. The number of likely N-dealkylation sites (tertiary alicyclic amines) is 1. The molecule has 18 heavy (non-hydrogen) atoms. The zero-order chi connectivity index (χ0) is 13.3. The molecule has 4 heteroatoms. The van der Waals surface area contributed by atoms with E-state index in [-0.39, 0.29) is 11.7 Å². The maximum absolute atomic E-state index is 13.4. The molecule has 0 aromatic heterocycles. The van der Waals surface area contributed by atoms with E-state index in [9.17, 15) is 9.18 Å². The molecule has 1 saturated heterocycles. The third kappa shape index (κ3) is 2.74. The molecule has 0 atom stereocenters. The first-order chi connectivity index (χ1) is 8.49. The van der Waals surface area contributed by atoms with E-state index in [0.717, 1.165) is 25.9 Å². The minimum absolute atomic E-state index is 0.00289. The van der Waals surface area contributed by atoms with Gasteiger partial charge in [-0.05, 0) is 59.3 Å². The molecule has 1 aliphatic heterocycles. The number of carbonyl (C=O) groups is 1. The fourth-order valence-corrected chi connectivity index (χ4v) is 2.69. The van der Waals surface area contributed by atoms with Crippen molar-refractivity contribution in [1.29, 1.82) is 0 Å². The molecule has 0 spiro atoms. The third-order valence-electron chi connectivity index (χ3n) is 3.55.